The van der Waals surface area contributed by atoms with E-state index in [1.165, 1.54) is 37.7 Å². The molecule has 0 heterocycles. The average Bonchev–Trinajstić information content (AvgIpc) is 2.46. The van der Waals surface area contributed by atoms with Gasteiger partial charge < -0.3 is 5.32 Å². The minimum absolute atomic E-state index is 0.0893. The first kappa shape index (κ1) is 16.2. The molecule has 1 fully saturated rings. The van der Waals surface area contributed by atoms with Crippen molar-refractivity contribution in [2.24, 2.45) is 0 Å². The predicted octanol–water partition coefficient (Wildman–Crippen LogP) is 4.48. The molecule has 0 bridgehead atoms. The number of benzene rings is 1. The average molecular weight is 287 g/mol. The van der Waals surface area contributed by atoms with Crippen LogP contribution in [0.4, 0.5) is 0 Å². The molecule has 0 spiro atoms. The van der Waals surface area contributed by atoms with Gasteiger partial charge in [0.05, 0.1) is 6.04 Å². The number of hydrogen-bond acceptors (Lipinski definition) is 2. The zero-order valence-corrected chi connectivity index (χ0v) is 13.9. The maximum Gasteiger partial charge on any atom is 0.179 e. The van der Waals surface area contributed by atoms with Gasteiger partial charge in [-0.3, -0.25) is 4.79 Å². The van der Waals surface area contributed by atoms with Crippen molar-refractivity contribution in [1.29, 1.82) is 0 Å². The Kier molecular flexibility index (Phi) is 5.21. The monoisotopic (exact) mass is 287 g/mol. The Morgan fingerprint density at radius 2 is 1.67 bits per heavy atom. The van der Waals surface area contributed by atoms with Gasteiger partial charge in [-0.1, -0.05) is 64.3 Å². The predicted molar refractivity (Wildman–Crippen MR) is 88.9 cm³/mol. The Balaban J connectivity index is 1.98. The summed E-state index contributed by atoms with van der Waals surface area (Å²) in [6.45, 7) is 8.57. The quantitative estimate of drug-likeness (QED) is 0.827. The van der Waals surface area contributed by atoms with Crippen molar-refractivity contribution < 1.29 is 4.79 Å². The molecule has 1 N–H and O–H groups in total. The lowest BCUT2D eigenvalue weighted by atomic mass is 9.86. The number of nitrogens with one attached hydrogen (secondary N) is 1. The number of Topliss-reactive ketones (excluding diaryl/α,β-unsaturated/α-hetero) is 1. The standard InChI is InChI=1S/C19H29NO/c1-14(20-17-8-6-5-7-9-17)18(21)15-10-12-16(13-11-15)19(2,3)4/h10-14,17,20H,5-9H2,1-4H3. The molecule has 21 heavy (non-hydrogen) atoms. The number of carbonyl (C=O) groups excluding carboxylic acids is 1. The molecule has 0 saturated heterocycles. The third kappa shape index (κ3) is 4.41. The Morgan fingerprint density at radius 1 is 1.10 bits per heavy atom. The SMILES string of the molecule is CC(NC1CCCCC1)C(=O)c1ccc(C(C)(C)C)cc1. The highest BCUT2D eigenvalue weighted by molar-refractivity contribution is 5.99. The van der Waals surface area contributed by atoms with Crippen LogP contribution in [-0.2, 0) is 5.41 Å². The first-order valence-electron chi connectivity index (χ1n) is 8.29. The second kappa shape index (κ2) is 6.74. The first-order chi connectivity index (χ1) is 9.88. The van der Waals surface area contributed by atoms with Gasteiger partial charge in [-0.2, -0.15) is 0 Å². The van der Waals surface area contributed by atoms with Crippen LogP contribution >= 0.6 is 0 Å². The van der Waals surface area contributed by atoms with Crippen LogP contribution in [0.25, 0.3) is 0 Å². The summed E-state index contributed by atoms with van der Waals surface area (Å²) in [4.78, 5) is 12.5. The van der Waals surface area contributed by atoms with Crippen molar-refractivity contribution in [2.45, 2.75) is 77.3 Å². The van der Waals surface area contributed by atoms with Gasteiger partial charge in [0, 0.05) is 11.6 Å². The molecule has 2 nitrogen and oxygen atoms in total. The second-order valence-corrected chi connectivity index (χ2v) is 7.41. The summed E-state index contributed by atoms with van der Waals surface area (Å²) in [5.74, 6) is 0.209. The van der Waals surface area contributed by atoms with E-state index >= 15 is 0 Å². The molecule has 116 valence electrons. The van der Waals surface area contributed by atoms with Crippen molar-refractivity contribution >= 4 is 5.78 Å². The zero-order valence-electron chi connectivity index (χ0n) is 13.9. The summed E-state index contributed by atoms with van der Waals surface area (Å²) in [6.07, 6.45) is 6.34. The van der Waals surface area contributed by atoms with E-state index in [0.29, 0.717) is 6.04 Å². The van der Waals surface area contributed by atoms with Crippen molar-refractivity contribution in [3.8, 4) is 0 Å². The van der Waals surface area contributed by atoms with Crippen molar-refractivity contribution in [1.82, 2.24) is 5.32 Å². The molecule has 1 aromatic carbocycles. The fourth-order valence-corrected chi connectivity index (χ4v) is 3.08. The molecule has 2 heteroatoms. The minimum atomic E-state index is -0.0893. The fourth-order valence-electron chi connectivity index (χ4n) is 3.08. The third-order valence-corrected chi connectivity index (χ3v) is 4.52. The summed E-state index contributed by atoms with van der Waals surface area (Å²) in [7, 11) is 0. The number of rotatable bonds is 4. The Hall–Kier alpha value is -1.15. The molecule has 1 atom stereocenters. The van der Waals surface area contributed by atoms with Crippen LogP contribution in [0, 0.1) is 0 Å². The Bertz CT molecular complexity index is 463. The maximum atomic E-state index is 12.5. The smallest absolute Gasteiger partial charge is 0.179 e. The molecular formula is C19H29NO. The lowest BCUT2D eigenvalue weighted by Crippen LogP contribution is -2.42. The van der Waals surface area contributed by atoms with Gasteiger partial charge in [-0.15, -0.1) is 0 Å². The Labute approximate surface area is 129 Å². The molecule has 1 saturated carbocycles. The minimum Gasteiger partial charge on any atom is -0.305 e. The fraction of sp³-hybridized carbons (Fsp3) is 0.632. The topological polar surface area (TPSA) is 29.1 Å². The molecule has 1 unspecified atom stereocenters. The van der Waals surface area contributed by atoms with Crippen molar-refractivity contribution in [2.75, 3.05) is 0 Å². The summed E-state index contributed by atoms with van der Waals surface area (Å²) < 4.78 is 0. The second-order valence-electron chi connectivity index (χ2n) is 7.41. The molecular weight excluding hydrogens is 258 g/mol. The van der Waals surface area contributed by atoms with E-state index in [0.717, 1.165) is 5.56 Å². The van der Waals surface area contributed by atoms with E-state index < -0.39 is 0 Å². The van der Waals surface area contributed by atoms with Gasteiger partial charge in [0.15, 0.2) is 5.78 Å². The van der Waals surface area contributed by atoms with E-state index in [-0.39, 0.29) is 17.2 Å². The van der Waals surface area contributed by atoms with Crippen molar-refractivity contribution in [3.63, 3.8) is 0 Å². The normalized spacial score (nSPS) is 18.5. The molecule has 2 rings (SSSR count). The number of ketones is 1. The lowest BCUT2D eigenvalue weighted by molar-refractivity contribution is 0.0940. The molecule has 0 radical (unpaired) electrons. The van der Waals surface area contributed by atoms with Gasteiger partial charge in [0.25, 0.3) is 0 Å². The number of carbonyl (C=O) groups is 1. The Morgan fingerprint density at radius 3 is 2.19 bits per heavy atom. The van der Waals surface area contributed by atoms with Gasteiger partial charge in [0.2, 0.25) is 0 Å². The van der Waals surface area contributed by atoms with Crippen LogP contribution in [-0.4, -0.2) is 17.9 Å². The summed E-state index contributed by atoms with van der Waals surface area (Å²) >= 11 is 0. The van der Waals surface area contributed by atoms with Crippen LogP contribution in [0.15, 0.2) is 24.3 Å². The lowest BCUT2D eigenvalue weighted by Gasteiger charge is -2.26. The van der Waals surface area contributed by atoms with Crippen LogP contribution in [0.5, 0.6) is 0 Å². The van der Waals surface area contributed by atoms with Crippen molar-refractivity contribution in [3.05, 3.63) is 35.4 Å². The number of hydrogen-bond donors (Lipinski definition) is 1. The van der Waals surface area contributed by atoms with Crippen LogP contribution < -0.4 is 5.32 Å². The van der Waals surface area contributed by atoms with E-state index in [1.54, 1.807) is 0 Å². The van der Waals surface area contributed by atoms with Crippen LogP contribution in [0.3, 0.4) is 0 Å². The molecule has 1 aliphatic rings. The summed E-state index contributed by atoms with van der Waals surface area (Å²) in [5.41, 5.74) is 2.22. The van der Waals surface area contributed by atoms with Gasteiger partial charge >= 0.3 is 0 Å². The van der Waals surface area contributed by atoms with Gasteiger partial charge in [-0.05, 0) is 30.7 Å². The van der Waals surface area contributed by atoms with Gasteiger partial charge in [0.1, 0.15) is 0 Å². The molecule has 0 aromatic heterocycles. The highest BCUT2D eigenvalue weighted by Crippen LogP contribution is 2.23. The molecule has 0 amide bonds. The van der Waals surface area contributed by atoms with E-state index in [4.69, 9.17) is 0 Å². The highest BCUT2D eigenvalue weighted by atomic mass is 16.1. The highest BCUT2D eigenvalue weighted by Gasteiger charge is 2.21. The van der Waals surface area contributed by atoms with Crippen LogP contribution in [0.2, 0.25) is 0 Å². The largest absolute Gasteiger partial charge is 0.305 e. The van der Waals surface area contributed by atoms with E-state index in [9.17, 15) is 4.79 Å². The molecule has 0 aliphatic heterocycles. The first-order valence-corrected chi connectivity index (χ1v) is 8.29. The zero-order chi connectivity index (χ0) is 15.5. The van der Waals surface area contributed by atoms with Gasteiger partial charge in [-0.25, -0.2) is 0 Å². The molecule has 1 aromatic rings. The third-order valence-electron chi connectivity index (χ3n) is 4.52. The molecule has 1 aliphatic carbocycles. The van der Waals surface area contributed by atoms with E-state index in [2.05, 4.69) is 38.2 Å². The summed E-state index contributed by atoms with van der Waals surface area (Å²) in [5, 5.41) is 3.51. The maximum absolute atomic E-state index is 12.5. The van der Waals surface area contributed by atoms with E-state index in [1.807, 2.05) is 19.1 Å². The van der Waals surface area contributed by atoms with Crippen LogP contribution in [0.1, 0.15) is 75.7 Å². The summed E-state index contributed by atoms with van der Waals surface area (Å²) in [6, 6.07) is 8.55.